The highest BCUT2D eigenvalue weighted by Gasteiger charge is 2.18. The van der Waals surface area contributed by atoms with Gasteiger partial charge in [-0.15, -0.1) is 0 Å². The molecule has 0 bridgehead atoms. The molecule has 1 aliphatic heterocycles. The van der Waals surface area contributed by atoms with Crippen molar-refractivity contribution < 1.29 is 19.3 Å². The third-order valence-electron chi connectivity index (χ3n) is 4.78. The van der Waals surface area contributed by atoms with Crippen LogP contribution in [0.5, 0.6) is 11.5 Å². The van der Waals surface area contributed by atoms with Crippen molar-refractivity contribution in [2.24, 2.45) is 5.10 Å². The van der Waals surface area contributed by atoms with Crippen LogP contribution in [0.15, 0.2) is 46.1 Å². The second-order valence-electron chi connectivity index (χ2n) is 6.99. The fourth-order valence-electron chi connectivity index (χ4n) is 3.10. The lowest BCUT2D eigenvalue weighted by molar-refractivity contribution is 0.122. The SMILES string of the molecule is Oc1ccc(Br)cc1Nc1ccc(/C=N\Nc2ncc(F)c(N3CCOCC3)n2)c(O)c1Cl. The first-order valence-electron chi connectivity index (χ1n) is 9.83. The number of hydrazone groups is 1. The predicted molar refractivity (Wildman–Crippen MR) is 128 cm³/mol. The summed E-state index contributed by atoms with van der Waals surface area (Å²) in [5.74, 6) is -0.447. The Morgan fingerprint density at radius 2 is 1.97 bits per heavy atom. The van der Waals surface area contributed by atoms with E-state index < -0.39 is 5.82 Å². The molecule has 12 heteroatoms. The molecule has 0 amide bonds. The minimum absolute atomic E-state index is 0.0272. The number of benzene rings is 2. The van der Waals surface area contributed by atoms with E-state index in [0.29, 0.717) is 43.2 Å². The minimum Gasteiger partial charge on any atom is -0.506 e. The largest absolute Gasteiger partial charge is 0.506 e. The molecule has 0 unspecified atom stereocenters. The molecule has 1 aliphatic rings. The van der Waals surface area contributed by atoms with Gasteiger partial charge >= 0.3 is 0 Å². The lowest BCUT2D eigenvalue weighted by atomic mass is 10.2. The van der Waals surface area contributed by atoms with E-state index in [1.807, 2.05) is 0 Å². The summed E-state index contributed by atoms with van der Waals surface area (Å²) in [6.07, 6.45) is 2.41. The average molecular weight is 538 g/mol. The average Bonchev–Trinajstić information content (AvgIpc) is 2.82. The van der Waals surface area contributed by atoms with E-state index >= 15 is 0 Å². The summed E-state index contributed by atoms with van der Waals surface area (Å²) in [5.41, 5.74) is 3.76. The third kappa shape index (κ3) is 5.44. The van der Waals surface area contributed by atoms with Gasteiger partial charge in [0.15, 0.2) is 11.6 Å². The number of phenolic OH excluding ortho intramolecular Hbond substituents is 2. The molecule has 1 aromatic heterocycles. The molecular formula is C21H19BrClFN6O3. The number of anilines is 4. The molecule has 4 rings (SSSR count). The van der Waals surface area contributed by atoms with Crippen molar-refractivity contribution in [1.82, 2.24) is 9.97 Å². The molecule has 0 spiro atoms. The van der Waals surface area contributed by atoms with Crippen LogP contribution in [0.1, 0.15) is 5.56 Å². The van der Waals surface area contributed by atoms with E-state index in [2.05, 4.69) is 41.7 Å². The summed E-state index contributed by atoms with van der Waals surface area (Å²) in [5, 5.41) is 27.5. The van der Waals surface area contributed by atoms with Gasteiger partial charge in [0.2, 0.25) is 5.95 Å². The van der Waals surface area contributed by atoms with E-state index in [1.54, 1.807) is 29.2 Å². The van der Waals surface area contributed by atoms with Crippen molar-refractivity contribution in [3.05, 3.63) is 57.4 Å². The highest BCUT2D eigenvalue weighted by molar-refractivity contribution is 9.10. The van der Waals surface area contributed by atoms with Gasteiger partial charge in [0.25, 0.3) is 0 Å². The van der Waals surface area contributed by atoms with Crippen LogP contribution in [0.4, 0.5) is 27.5 Å². The number of aromatic hydroxyl groups is 2. The van der Waals surface area contributed by atoms with E-state index in [0.717, 1.165) is 10.7 Å². The second-order valence-corrected chi connectivity index (χ2v) is 8.28. The van der Waals surface area contributed by atoms with Crippen LogP contribution in [0.3, 0.4) is 0 Å². The molecule has 0 atom stereocenters. The summed E-state index contributed by atoms with van der Waals surface area (Å²) in [7, 11) is 0. The summed E-state index contributed by atoms with van der Waals surface area (Å²) >= 11 is 9.63. The Morgan fingerprint density at radius 1 is 1.18 bits per heavy atom. The van der Waals surface area contributed by atoms with Gasteiger partial charge < -0.3 is 25.2 Å². The van der Waals surface area contributed by atoms with Crippen LogP contribution in [0.2, 0.25) is 5.02 Å². The molecule has 2 heterocycles. The van der Waals surface area contributed by atoms with Crippen molar-refractivity contribution in [2.45, 2.75) is 0 Å². The molecule has 9 nitrogen and oxygen atoms in total. The number of hydrogen-bond donors (Lipinski definition) is 4. The van der Waals surface area contributed by atoms with Crippen molar-refractivity contribution in [3.63, 3.8) is 0 Å². The number of morpholine rings is 1. The Hall–Kier alpha value is -3.15. The van der Waals surface area contributed by atoms with Crippen LogP contribution >= 0.6 is 27.5 Å². The van der Waals surface area contributed by atoms with Crippen LogP contribution in [-0.2, 0) is 4.74 Å². The summed E-state index contributed by atoms with van der Waals surface area (Å²) < 4.78 is 20.2. The Labute approximate surface area is 202 Å². The van der Waals surface area contributed by atoms with E-state index in [-0.39, 0.29) is 28.3 Å². The first kappa shape index (κ1) is 23.0. The number of halogens is 3. The molecule has 1 fully saturated rings. The lowest BCUT2D eigenvalue weighted by Gasteiger charge is -2.27. The highest BCUT2D eigenvalue weighted by Crippen LogP contribution is 2.38. The number of rotatable bonds is 6. The maximum Gasteiger partial charge on any atom is 0.245 e. The van der Waals surface area contributed by atoms with Gasteiger partial charge in [-0.3, -0.25) is 0 Å². The molecule has 0 aliphatic carbocycles. The van der Waals surface area contributed by atoms with Gasteiger partial charge in [-0.1, -0.05) is 27.5 Å². The predicted octanol–water partition coefficient (Wildman–Crippen LogP) is 4.47. The van der Waals surface area contributed by atoms with Gasteiger partial charge in [-0.25, -0.2) is 14.8 Å². The first-order chi connectivity index (χ1) is 15.9. The molecule has 0 radical (unpaired) electrons. The Kier molecular flexibility index (Phi) is 7.11. The number of nitrogens with zero attached hydrogens (tertiary/aromatic N) is 4. The van der Waals surface area contributed by atoms with E-state index in [1.165, 1.54) is 12.3 Å². The Balaban J connectivity index is 1.47. The lowest BCUT2D eigenvalue weighted by Crippen LogP contribution is -2.37. The minimum atomic E-state index is -0.532. The van der Waals surface area contributed by atoms with Crippen LogP contribution in [0.25, 0.3) is 0 Å². The molecule has 33 heavy (non-hydrogen) atoms. The van der Waals surface area contributed by atoms with E-state index in [4.69, 9.17) is 16.3 Å². The number of hydrogen-bond acceptors (Lipinski definition) is 9. The maximum atomic E-state index is 14.1. The van der Waals surface area contributed by atoms with Crippen molar-refractivity contribution in [2.75, 3.05) is 41.9 Å². The molecule has 4 N–H and O–H groups in total. The zero-order valence-corrected chi connectivity index (χ0v) is 19.4. The van der Waals surface area contributed by atoms with E-state index in [9.17, 15) is 14.6 Å². The van der Waals surface area contributed by atoms with Crippen molar-refractivity contribution in [1.29, 1.82) is 0 Å². The summed E-state index contributed by atoms with van der Waals surface area (Å²) in [6.45, 7) is 2.05. The Morgan fingerprint density at radius 3 is 2.76 bits per heavy atom. The molecule has 3 aromatic rings. The smallest absolute Gasteiger partial charge is 0.245 e. The highest BCUT2D eigenvalue weighted by atomic mass is 79.9. The van der Waals surface area contributed by atoms with Gasteiger partial charge in [-0.2, -0.15) is 10.1 Å². The van der Waals surface area contributed by atoms with Crippen LogP contribution in [0, 0.1) is 5.82 Å². The monoisotopic (exact) mass is 536 g/mol. The zero-order valence-electron chi connectivity index (χ0n) is 17.1. The number of ether oxygens (including phenoxy) is 1. The normalized spacial score (nSPS) is 14.0. The quantitative estimate of drug-likeness (QED) is 0.207. The molecule has 2 aromatic carbocycles. The van der Waals surface area contributed by atoms with Crippen molar-refractivity contribution >= 4 is 56.9 Å². The number of aromatic nitrogens is 2. The van der Waals surface area contributed by atoms with Gasteiger partial charge in [0, 0.05) is 23.1 Å². The summed E-state index contributed by atoms with van der Waals surface area (Å²) in [6, 6.07) is 8.12. The third-order valence-corrected chi connectivity index (χ3v) is 5.66. The topological polar surface area (TPSA) is 115 Å². The Bertz CT molecular complexity index is 1190. The number of nitrogens with one attached hydrogen (secondary N) is 2. The maximum absolute atomic E-state index is 14.1. The van der Waals surface area contributed by atoms with Crippen LogP contribution < -0.4 is 15.6 Å². The molecule has 1 saturated heterocycles. The molecule has 0 saturated carbocycles. The zero-order chi connectivity index (χ0) is 23.4. The van der Waals surface area contributed by atoms with Gasteiger partial charge in [-0.05, 0) is 30.3 Å². The molecule has 172 valence electrons. The van der Waals surface area contributed by atoms with Gasteiger partial charge in [0.05, 0.1) is 37.0 Å². The first-order valence-corrected chi connectivity index (χ1v) is 11.0. The fraction of sp³-hybridized carbons (Fsp3) is 0.190. The fourth-order valence-corrected chi connectivity index (χ4v) is 3.68. The second kappa shape index (κ2) is 10.2. The van der Waals surface area contributed by atoms with Crippen LogP contribution in [-0.4, -0.2) is 52.7 Å². The van der Waals surface area contributed by atoms with Crippen molar-refractivity contribution in [3.8, 4) is 11.5 Å². The summed E-state index contributed by atoms with van der Waals surface area (Å²) in [4.78, 5) is 9.84. The number of phenols is 2. The standard InChI is InChI=1S/C21H19BrClFN6O3/c22-13-2-4-17(31)16(9-13)27-15-3-1-12(19(32)18(15)23)10-26-29-21-25-11-14(24)20(28-21)30-5-7-33-8-6-30/h1-4,9-11,27,31-32H,5-8H2,(H,25,28,29)/b26-10-. The van der Waals surface area contributed by atoms with Gasteiger partial charge in [0.1, 0.15) is 16.5 Å². The molecular weight excluding hydrogens is 519 g/mol.